The molecule has 2 heterocycles. The summed E-state index contributed by atoms with van der Waals surface area (Å²) < 4.78 is 7.15. The van der Waals surface area contributed by atoms with Gasteiger partial charge in [0.15, 0.2) is 0 Å². The molecule has 7 nitrogen and oxygen atoms in total. The van der Waals surface area contributed by atoms with E-state index in [1.807, 2.05) is 11.6 Å². The molecular weight excluding hydrogens is 270 g/mol. The fraction of sp³-hybridized carbons (Fsp3) is 0.857. The molecule has 1 aliphatic rings. The van der Waals surface area contributed by atoms with E-state index in [4.69, 9.17) is 4.74 Å². The summed E-state index contributed by atoms with van der Waals surface area (Å²) in [4.78, 5) is 6.18. The van der Waals surface area contributed by atoms with Crippen LogP contribution in [0.3, 0.4) is 0 Å². The van der Waals surface area contributed by atoms with Gasteiger partial charge in [0, 0.05) is 38.8 Å². The summed E-state index contributed by atoms with van der Waals surface area (Å²) in [5.74, 6) is 0. The van der Waals surface area contributed by atoms with Crippen molar-refractivity contribution in [2.24, 2.45) is 0 Å². The zero-order valence-electron chi connectivity index (χ0n) is 13.0. The van der Waals surface area contributed by atoms with Gasteiger partial charge in [-0.15, -0.1) is 0 Å². The molecule has 0 spiro atoms. The van der Waals surface area contributed by atoms with Crippen LogP contribution in [0.4, 0.5) is 0 Å². The Bertz CT molecular complexity index is 390. The number of aryl methyl sites for hydroxylation is 1. The van der Waals surface area contributed by atoms with E-state index in [1.165, 1.54) is 0 Å². The average molecular weight is 297 g/mol. The van der Waals surface area contributed by atoms with E-state index in [9.17, 15) is 5.11 Å². The van der Waals surface area contributed by atoms with Crippen molar-refractivity contribution in [3.63, 3.8) is 0 Å². The quantitative estimate of drug-likeness (QED) is 0.688. The van der Waals surface area contributed by atoms with Crippen molar-refractivity contribution in [1.82, 2.24) is 25.0 Å². The van der Waals surface area contributed by atoms with Gasteiger partial charge in [-0.25, -0.2) is 4.98 Å². The number of nitrogens with zero attached hydrogens (tertiary/aromatic N) is 4. The molecule has 0 radical (unpaired) electrons. The molecule has 1 fully saturated rings. The van der Waals surface area contributed by atoms with Crippen LogP contribution in [-0.2, 0) is 11.3 Å². The number of morpholine rings is 1. The highest BCUT2D eigenvalue weighted by Crippen LogP contribution is 2.08. The average Bonchev–Trinajstić information content (AvgIpc) is 2.97. The standard InChI is InChI=1S/C14H27N5O2/c1-13(3-4-19-12-15-11-17-19)16-9-14(2,20)10-18-5-7-21-8-6-18/h11-13,16,20H,3-10H2,1-2H3. The fourth-order valence-electron chi connectivity index (χ4n) is 2.47. The number of hydrogen-bond donors (Lipinski definition) is 2. The molecular formula is C14H27N5O2. The first-order chi connectivity index (χ1) is 10.1. The molecule has 120 valence electrons. The van der Waals surface area contributed by atoms with Crippen LogP contribution in [0.15, 0.2) is 12.7 Å². The van der Waals surface area contributed by atoms with Gasteiger partial charge in [0.2, 0.25) is 0 Å². The Morgan fingerprint density at radius 2 is 2.19 bits per heavy atom. The monoisotopic (exact) mass is 297 g/mol. The highest BCUT2D eigenvalue weighted by Gasteiger charge is 2.25. The van der Waals surface area contributed by atoms with Gasteiger partial charge in [0.25, 0.3) is 0 Å². The van der Waals surface area contributed by atoms with Crippen LogP contribution in [-0.4, -0.2) is 75.8 Å². The van der Waals surface area contributed by atoms with Crippen molar-refractivity contribution in [2.75, 3.05) is 39.4 Å². The lowest BCUT2D eigenvalue weighted by Crippen LogP contribution is -2.51. The minimum atomic E-state index is -0.723. The summed E-state index contributed by atoms with van der Waals surface area (Å²) in [6.07, 6.45) is 4.23. The zero-order valence-corrected chi connectivity index (χ0v) is 13.0. The second kappa shape index (κ2) is 7.84. The third-order valence-corrected chi connectivity index (χ3v) is 3.76. The van der Waals surface area contributed by atoms with Gasteiger partial charge in [-0.2, -0.15) is 5.10 Å². The Labute approximate surface area is 126 Å². The first kappa shape index (κ1) is 16.4. The Morgan fingerprint density at radius 1 is 1.43 bits per heavy atom. The number of aromatic nitrogens is 3. The molecule has 0 bridgehead atoms. The van der Waals surface area contributed by atoms with Crippen molar-refractivity contribution >= 4 is 0 Å². The van der Waals surface area contributed by atoms with Crippen LogP contribution in [0.2, 0.25) is 0 Å². The van der Waals surface area contributed by atoms with Crippen molar-refractivity contribution in [2.45, 2.75) is 38.5 Å². The van der Waals surface area contributed by atoms with Crippen LogP contribution < -0.4 is 5.32 Å². The Morgan fingerprint density at radius 3 is 2.86 bits per heavy atom. The van der Waals surface area contributed by atoms with Crippen molar-refractivity contribution < 1.29 is 9.84 Å². The first-order valence-corrected chi connectivity index (χ1v) is 7.63. The minimum absolute atomic E-state index is 0.324. The lowest BCUT2D eigenvalue weighted by atomic mass is 10.1. The topological polar surface area (TPSA) is 75.4 Å². The molecule has 21 heavy (non-hydrogen) atoms. The van der Waals surface area contributed by atoms with Gasteiger partial charge in [-0.3, -0.25) is 9.58 Å². The first-order valence-electron chi connectivity index (χ1n) is 7.63. The van der Waals surface area contributed by atoms with Crippen molar-refractivity contribution in [3.8, 4) is 0 Å². The molecule has 0 aromatic carbocycles. The van der Waals surface area contributed by atoms with E-state index in [0.29, 0.717) is 19.1 Å². The maximum absolute atomic E-state index is 10.5. The second-order valence-corrected chi connectivity index (χ2v) is 6.11. The third-order valence-electron chi connectivity index (χ3n) is 3.76. The molecule has 2 rings (SSSR count). The number of nitrogens with one attached hydrogen (secondary N) is 1. The third kappa shape index (κ3) is 6.09. The zero-order chi connectivity index (χ0) is 15.1. The predicted octanol–water partition coefficient (Wildman–Crippen LogP) is -0.270. The summed E-state index contributed by atoms with van der Waals surface area (Å²) in [7, 11) is 0. The summed E-state index contributed by atoms with van der Waals surface area (Å²) in [5.41, 5.74) is -0.723. The minimum Gasteiger partial charge on any atom is -0.388 e. The molecule has 1 aromatic heterocycles. The van der Waals surface area contributed by atoms with Crippen LogP contribution in [0.1, 0.15) is 20.3 Å². The maximum Gasteiger partial charge on any atom is 0.137 e. The second-order valence-electron chi connectivity index (χ2n) is 6.11. The molecule has 1 saturated heterocycles. The molecule has 7 heteroatoms. The van der Waals surface area contributed by atoms with Crippen LogP contribution in [0, 0.1) is 0 Å². The summed E-state index contributed by atoms with van der Waals surface area (Å²) in [6.45, 7) is 9.44. The Kier molecular flexibility index (Phi) is 6.10. The molecule has 1 aliphatic heterocycles. The number of β-amino-alcohol motifs (C(OH)–C–C–N with tert-alkyl or cyclic N) is 1. The van der Waals surface area contributed by atoms with Crippen molar-refractivity contribution in [1.29, 1.82) is 0 Å². The highest BCUT2D eigenvalue weighted by molar-refractivity contribution is 4.82. The van der Waals surface area contributed by atoms with E-state index < -0.39 is 5.60 Å². The smallest absolute Gasteiger partial charge is 0.137 e. The summed E-state index contributed by atoms with van der Waals surface area (Å²) in [6, 6.07) is 0.324. The normalized spacial score (nSPS) is 21.1. The van der Waals surface area contributed by atoms with Gasteiger partial charge < -0.3 is 15.2 Å². The number of aliphatic hydroxyl groups is 1. The van der Waals surface area contributed by atoms with Crippen molar-refractivity contribution in [3.05, 3.63) is 12.7 Å². The highest BCUT2D eigenvalue weighted by atomic mass is 16.5. The molecule has 2 N–H and O–H groups in total. The Balaban J connectivity index is 1.65. The largest absolute Gasteiger partial charge is 0.388 e. The summed E-state index contributed by atoms with van der Waals surface area (Å²) >= 11 is 0. The van der Waals surface area contributed by atoms with E-state index in [-0.39, 0.29) is 0 Å². The summed E-state index contributed by atoms with van der Waals surface area (Å²) in [5, 5.41) is 18.0. The number of hydrogen-bond acceptors (Lipinski definition) is 6. The van der Waals surface area contributed by atoms with Crippen LogP contribution in [0.5, 0.6) is 0 Å². The van der Waals surface area contributed by atoms with Gasteiger partial charge >= 0.3 is 0 Å². The molecule has 0 amide bonds. The predicted molar refractivity (Wildman–Crippen MR) is 80.0 cm³/mol. The van der Waals surface area contributed by atoms with Gasteiger partial charge in [0.1, 0.15) is 12.7 Å². The van der Waals surface area contributed by atoms with Gasteiger partial charge in [-0.1, -0.05) is 0 Å². The van der Waals surface area contributed by atoms with Crippen LogP contribution >= 0.6 is 0 Å². The van der Waals surface area contributed by atoms with E-state index in [0.717, 1.165) is 39.3 Å². The number of rotatable bonds is 8. The molecule has 1 aromatic rings. The van der Waals surface area contributed by atoms with Crippen LogP contribution in [0.25, 0.3) is 0 Å². The lowest BCUT2D eigenvalue weighted by molar-refractivity contribution is -0.0228. The molecule has 2 atom stereocenters. The number of ether oxygens (including phenoxy) is 1. The SMILES string of the molecule is CC(CCn1cncn1)NCC(C)(O)CN1CCOCC1. The van der Waals surface area contributed by atoms with Gasteiger partial charge in [0.05, 0.1) is 18.8 Å². The maximum atomic E-state index is 10.5. The molecule has 0 aliphatic carbocycles. The fourth-order valence-corrected chi connectivity index (χ4v) is 2.47. The molecule has 2 unspecified atom stereocenters. The van der Waals surface area contributed by atoms with E-state index in [1.54, 1.807) is 12.7 Å². The Hall–Kier alpha value is -1.02. The van der Waals surface area contributed by atoms with E-state index in [2.05, 4.69) is 27.2 Å². The van der Waals surface area contributed by atoms with Gasteiger partial charge in [-0.05, 0) is 20.3 Å². The van der Waals surface area contributed by atoms with E-state index >= 15 is 0 Å². The molecule has 0 saturated carbocycles. The lowest BCUT2D eigenvalue weighted by Gasteiger charge is -2.34.